The van der Waals surface area contributed by atoms with Crippen molar-refractivity contribution in [3.8, 4) is 11.5 Å². The molecule has 2 rings (SSSR count). The molecule has 6 heteroatoms. The van der Waals surface area contributed by atoms with E-state index in [2.05, 4.69) is 17.6 Å². The maximum Gasteiger partial charge on any atom is 0.251 e. The van der Waals surface area contributed by atoms with Crippen molar-refractivity contribution >= 4 is 11.8 Å². The van der Waals surface area contributed by atoms with E-state index in [9.17, 15) is 9.59 Å². The first-order chi connectivity index (χ1) is 13.7. The lowest BCUT2D eigenvalue weighted by Gasteiger charge is -2.13. The molecule has 0 saturated heterocycles. The number of ether oxygens (including phenoxy) is 2. The minimum atomic E-state index is -0.192. The van der Waals surface area contributed by atoms with Gasteiger partial charge in [-0.25, -0.2) is 0 Å². The monoisotopic (exact) mass is 390 g/mol. The van der Waals surface area contributed by atoms with Crippen molar-refractivity contribution in [3.05, 3.63) is 23.8 Å². The molecule has 2 amide bonds. The van der Waals surface area contributed by atoms with Crippen LogP contribution in [0.5, 0.6) is 11.5 Å². The molecule has 156 valence electrons. The summed E-state index contributed by atoms with van der Waals surface area (Å²) in [5.74, 6) is 1.27. The molecule has 28 heavy (non-hydrogen) atoms. The molecule has 0 aromatic heterocycles. The first-order valence-electron chi connectivity index (χ1n) is 10.5. The van der Waals surface area contributed by atoms with E-state index in [0.29, 0.717) is 36.8 Å². The number of unbranched alkanes of at least 4 members (excludes halogenated alkanes) is 3. The standard InChI is InChI=1S/C22H34N2O4/c1-3-4-5-8-15-28-19-12-11-18(16-20(19)27-2)22(26)24-14-13-23-21(25)17-9-6-7-10-17/h11-12,16-17H,3-10,13-15H2,1-2H3,(H,23,25)(H,24,26). The van der Waals surface area contributed by atoms with Crippen LogP contribution in [0.3, 0.4) is 0 Å². The Kier molecular flexibility index (Phi) is 9.66. The average molecular weight is 391 g/mol. The third-order valence-electron chi connectivity index (χ3n) is 5.12. The number of methoxy groups -OCH3 is 1. The van der Waals surface area contributed by atoms with E-state index >= 15 is 0 Å². The molecule has 0 atom stereocenters. The Bertz CT molecular complexity index is 627. The highest BCUT2D eigenvalue weighted by Gasteiger charge is 2.22. The quantitative estimate of drug-likeness (QED) is 0.534. The summed E-state index contributed by atoms with van der Waals surface area (Å²) in [6.45, 7) is 3.66. The summed E-state index contributed by atoms with van der Waals surface area (Å²) in [6, 6.07) is 5.19. The van der Waals surface area contributed by atoms with Gasteiger partial charge in [0, 0.05) is 24.6 Å². The highest BCUT2D eigenvalue weighted by atomic mass is 16.5. The molecule has 0 radical (unpaired) electrons. The summed E-state index contributed by atoms with van der Waals surface area (Å²) in [4.78, 5) is 24.3. The summed E-state index contributed by atoms with van der Waals surface area (Å²) in [7, 11) is 1.57. The van der Waals surface area contributed by atoms with E-state index in [-0.39, 0.29) is 17.7 Å². The number of rotatable bonds is 12. The molecule has 1 aliphatic carbocycles. The fourth-order valence-corrected chi connectivity index (χ4v) is 3.44. The lowest BCUT2D eigenvalue weighted by atomic mass is 10.1. The topological polar surface area (TPSA) is 76.7 Å². The highest BCUT2D eigenvalue weighted by Crippen LogP contribution is 2.28. The van der Waals surface area contributed by atoms with E-state index in [1.165, 1.54) is 12.8 Å². The number of benzene rings is 1. The van der Waals surface area contributed by atoms with Gasteiger partial charge in [-0.1, -0.05) is 39.0 Å². The van der Waals surface area contributed by atoms with Crippen LogP contribution in [-0.4, -0.2) is 38.6 Å². The minimum Gasteiger partial charge on any atom is -0.493 e. The summed E-state index contributed by atoms with van der Waals surface area (Å²) >= 11 is 0. The van der Waals surface area contributed by atoms with Crippen LogP contribution >= 0.6 is 0 Å². The number of carbonyl (C=O) groups excluding carboxylic acids is 2. The predicted molar refractivity (Wildman–Crippen MR) is 110 cm³/mol. The zero-order valence-corrected chi connectivity index (χ0v) is 17.2. The van der Waals surface area contributed by atoms with Crippen LogP contribution in [0.25, 0.3) is 0 Å². The second-order valence-corrected chi connectivity index (χ2v) is 7.30. The van der Waals surface area contributed by atoms with Gasteiger partial charge in [0.2, 0.25) is 5.91 Å². The number of amides is 2. The second-order valence-electron chi connectivity index (χ2n) is 7.30. The first-order valence-corrected chi connectivity index (χ1v) is 10.5. The van der Waals surface area contributed by atoms with Gasteiger partial charge in [0.05, 0.1) is 13.7 Å². The van der Waals surface area contributed by atoms with Crippen molar-refractivity contribution in [2.45, 2.75) is 58.3 Å². The van der Waals surface area contributed by atoms with Crippen LogP contribution in [0.15, 0.2) is 18.2 Å². The van der Waals surface area contributed by atoms with Gasteiger partial charge in [-0.15, -0.1) is 0 Å². The molecule has 2 N–H and O–H groups in total. The van der Waals surface area contributed by atoms with Crippen LogP contribution in [0.2, 0.25) is 0 Å². The van der Waals surface area contributed by atoms with Gasteiger partial charge in [-0.3, -0.25) is 9.59 Å². The molecule has 1 aliphatic rings. The Labute approximate surface area is 168 Å². The van der Waals surface area contributed by atoms with Crippen molar-refractivity contribution in [2.75, 3.05) is 26.8 Å². The third kappa shape index (κ3) is 7.06. The maximum absolute atomic E-state index is 12.3. The zero-order valence-electron chi connectivity index (χ0n) is 17.2. The highest BCUT2D eigenvalue weighted by molar-refractivity contribution is 5.94. The number of nitrogens with one attached hydrogen (secondary N) is 2. The summed E-state index contributed by atoms with van der Waals surface area (Å²) in [6.07, 6.45) is 8.78. The minimum absolute atomic E-state index is 0.105. The molecule has 1 saturated carbocycles. The summed E-state index contributed by atoms with van der Waals surface area (Å²) in [5.41, 5.74) is 0.511. The van der Waals surface area contributed by atoms with Gasteiger partial charge >= 0.3 is 0 Å². The fraction of sp³-hybridized carbons (Fsp3) is 0.636. The van der Waals surface area contributed by atoms with E-state index in [1.807, 2.05) is 0 Å². The van der Waals surface area contributed by atoms with Crippen molar-refractivity contribution < 1.29 is 19.1 Å². The smallest absolute Gasteiger partial charge is 0.251 e. The first kappa shape index (κ1) is 22.1. The van der Waals surface area contributed by atoms with Crippen LogP contribution in [-0.2, 0) is 4.79 Å². The van der Waals surface area contributed by atoms with E-state index in [1.54, 1.807) is 25.3 Å². The zero-order chi connectivity index (χ0) is 20.2. The van der Waals surface area contributed by atoms with Gasteiger partial charge in [0.25, 0.3) is 5.91 Å². The largest absolute Gasteiger partial charge is 0.493 e. The van der Waals surface area contributed by atoms with Crippen molar-refractivity contribution in [3.63, 3.8) is 0 Å². The maximum atomic E-state index is 12.3. The Morgan fingerprint density at radius 1 is 1.04 bits per heavy atom. The molecule has 1 fully saturated rings. The summed E-state index contributed by atoms with van der Waals surface area (Å²) in [5, 5.41) is 5.73. The molecular weight excluding hydrogens is 356 g/mol. The normalized spacial score (nSPS) is 13.9. The fourth-order valence-electron chi connectivity index (χ4n) is 3.44. The van der Waals surface area contributed by atoms with Gasteiger partial charge in [-0.2, -0.15) is 0 Å². The number of hydrogen-bond acceptors (Lipinski definition) is 4. The van der Waals surface area contributed by atoms with Crippen LogP contribution in [0.1, 0.15) is 68.6 Å². The number of carbonyl (C=O) groups is 2. The molecule has 1 aromatic rings. The molecule has 0 heterocycles. The Balaban J connectivity index is 1.75. The van der Waals surface area contributed by atoms with E-state index in [4.69, 9.17) is 9.47 Å². The molecule has 0 spiro atoms. The molecule has 0 aliphatic heterocycles. The third-order valence-corrected chi connectivity index (χ3v) is 5.12. The number of hydrogen-bond donors (Lipinski definition) is 2. The van der Waals surface area contributed by atoms with Gasteiger partial charge in [-0.05, 0) is 37.5 Å². The van der Waals surface area contributed by atoms with Gasteiger partial charge in [0.15, 0.2) is 11.5 Å². The lowest BCUT2D eigenvalue weighted by Crippen LogP contribution is -2.37. The molecule has 0 unspecified atom stereocenters. The summed E-state index contributed by atoms with van der Waals surface area (Å²) < 4.78 is 11.1. The predicted octanol–water partition coefficient (Wildman–Crippen LogP) is 3.69. The SMILES string of the molecule is CCCCCCOc1ccc(C(=O)NCCNC(=O)C2CCCC2)cc1OC. The van der Waals surface area contributed by atoms with Gasteiger partial charge in [0.1, 0.15) is 0 Å². The second kappa shape index (κ2) is 12.3. The molecule has 6 nitrogen and oxygen atoms in total. The average Bonchev–Trinajstić information content (AvgIpc) is 3.25. The van der Waals surface area contributed by atoms with Crippen molar-refractivity contribution in [2.24, 2.45) is 5.92 Å². The molecule has 0 bridgehead atoms. The Morgan fingerprint density at radius 3 is 2.50 bits per heavy atom. The Hall–Kier alpha value is -2.24. The van der Waals surface area contributed by atoms with E-state index in [0.717, 1.165) is 38.5 Å². The van der Waals surface area contributed by atoms with Crippen LogP contribution in [0.4, 0.5) is 0 Å². The molecular formula is C22H34N2O4. The van der Waals surface area contributed by atoms with Gasteiger partial charge < -0.3 is 20.1 Å². The molecule has 1 aromatic carbocycles. The lowest BCUT2D eigenvalue weighted by molar-refractivity contribution is -0.124. The van der Waals surface area contributed by atoms with Crippen molar-refractivity contribution in [1.29, 1.82) is 0 Å². The Morgan fingerprint density at radius 2 is 1.79 bits per heavy atom. The van der Waals surface area contributed by atoms with Crippen LogP contribution < -0.4 is 20.1 Å². The van der Waals surface area contributed by atoms with E-state index < -0.39 is 0 Å². The van der Waals surface area contributed by atoms with Crippen molar-refractivity contribution in [1.82, 2.24) is 10.6 Å². The van der Waals surface area contributed by atoms with Crippen LogP contribution in [0, 0.1) is 5.92 Å².